The van der Waals surface area contributed by atoms with E-state index in [0.717, 1.165) is 0 Å². The Hall–Kier alpha value is -2.39. The van der Waals surface area contributed by atoms with Gasteiger partial charge in [0.15, 0.2) is 0 Å². The maximum atomic E-state index is 11.6. The molecule has 1 aromatic carbocycles. The number of nitrogens with zero attached hydrogens (tertiary/aromatic N) is 1. The number of methoxy groups -OCH3 is 1. The van der Waals surface area contributed by atoms with Crippen LogP contribution in [0.1, 0.15) is 11.1 Å². The number of aliphatic hydroxyl groups is 1. The van der Waals surface area contributed by atoms with E-state index in [0.29, 0.717) is 11.1 Å². The van der Waals surface area contributed by atoms with Crippen molar-refractivity contribution in [1.82, 2.24) is 5.32 Å². The molecule has 100 valence electrons. The number of carbonyl (C=O) groups is 2. The molecule has 0 aromatic heterocycles. The summed E-state index contributed by atoms with van der Waals surface area (Å²) in [7, 11) is 1.20. The van der Waals surface area contributed by atoms with Crippen LogP contribution in [-0.4, -0.2) is 36.7 Å². The summed E-state index contributed by atoms with van der Waals surface area (Å²) in [6.07, 6.45) is 0.127. The van der Waals surface area contributed by atoms with Crippen LogP contribution in [0.2, 0.25) is 0 Å². The first-order valence-electron chi connectivity index (χ1n) is 5.58. The summed E-state index contributed by atoms with van der Waals surface area (Å²) < 4.78 is 4.59. The van der Waals surface area contributed by atoms with Gasteiger partial charge in [-0.05, 0) is 11.6 Å². The lowest BCUT2D eigenvalue weighted by molar-refractivity contribution is -0.145. The van der Waals surface area contributed by atoms with Gasteiger partial charge in [0, 0.05) is 6.42 Å². The van der Waals surface area contributed by atoms with E-state index in [-0.39, 0.29) is 6.42 Å². The highest BCUT2D eigenvalue weighted by Gasteiger charge is 2.22. The van der Waals surface area contributed by atoms with Gasteiger partial charge in [-0.3, -0.25) is 4.79 Å². The van der Waals surface area contributed by atoms with Crippen molar-refractivity contribution in [2.24, 2.45) is 0 Å². The fourth-order valence-corrected chi connectivity index (χ4v) is 1.60. The van der Waals surface area contributed by atoms with Crippen LogP contribution >= 0.6 is 0 Å². The topological polar surface area (TPSA) is 99.4 Å². The van der Waals surface area contributed by atoms with Crippen LogP contribution in [0.15, 0.2) is 24.3 Å². The van der Waals surface area contributed by atoms with Gasteiger partial charge >= 0.3 is 5.97 Å². The van der Waals surface area contributed by atoms with Crippen LogP contribution in [0.3, 0.4) is 0 Å². The maximum Gasteiger partial charge on any atom is 0.328 e. The highest BCUT2D eigenvalue weighted by atomic mass is 16.5. The zero-order valence-corrected chi connectivity index (χ0v) is 10.4. The molecule has 6 nitrogen and oxygen atoms in total. The average molecular weight is 262 g/mol. The Morgan fingerprint density at radius 3 is 2.74 bits per heavy atom. The van der Waals surface area contributed by atoms with E-state index in [4.69, 9.17) is 10.4 Å². The van der Waals surface area contributed by atoms with Crippen LogP contribution in [-0.2, 0) is 20.7 Å². The second-order valence-corrected chi connectivity index (χ2v) is 3.77. The second kappa shape index (κ2) is 7.13. The third-order valence-electron chi connectivity index (χ3n) is 2.53. The van der Waals surface area contributed by atoms with Gasteiger partial charge in [0.2, 0.25) is 5.91 Å². The molecule has 0 aliphatic heterocycles. The van der Waals surface area contributed by atoms with E-state index in [1.807, 2.05) is 6.07 Å². The van der Waals surface area contributed by atoms with Crippen molar-refractivity contribution in [1.29, 1.82) is 5.26 Å². The predicted octanol–water partition coefficient (Wildman–Crippen LogP) is -0.249. The first-order chi connectivity index (χ1) is 9.12. The number of ether oxygens (including phenoxy) is 1. The zero-order valence-electron chi connectivity index (χ0n) is 10.4. The smallest absolute Gasteiger partial charge is 0.328 e. The Kier molecular flexibility index (Phi) is 5.51. The van der Waals surface area contributed by atoms with E-state index in [1.54, 1.807) is 24.3 Å². The lowest BCUT2D eigenvalue weighted by atomic mass is 10.0. The molecular formula is C13H14N2O4. The molecule has 6 heteroatoms. The molecule has 0 saturated carbocycles. The normalized spacial score (nSPS) is 11.2. The lowest BCUT2D eigenvalue weighted by Gasteiger charge is -2.16. The molecule has 0 spiro atoms. The van der Waals surface area contributed by atoms with Crippen LogP contribution < -0.4 is 5.32 Å². The Morgan fingerprint density at radius 1 is 1.47 bits per heavy atom. The van der Waals surface area contributed by atoms with Crippen molar-refractivity contribution >= 4 is 11.9 Å². The summed E-state index contributed by atoms with van der Waals surface area (Å²) in [5, 5.41) is 20.0. The molecule has 0 radical (unpaired) electrons. The number of amides is 1. The number of nitrogens with one attached hydrogen (secondary N) is 1. The molecule has 0 bridgehead atoms. The van der Waals surface area contributed by atoms with Gasteiger partial charge in [0.1, 0.15) is 12.6 Å². The van der Waals surface area contributed by atoms with E-state index in [9.17, 15) is 9.59 Å². The highest BCUT2D eigenvalue weighted by Crippen LogP contribution is 2.10. The van der Waals surface area contributed by atoms with E-state index >= 15 is 0 Å². The minimum atomic E-state index is -0.931. The number of benzene rings is 1. The molecule has 1 rings (SSSR count). The number of aliphatic hydroxyl groups excluding tert-OH is 1. The number of esters is 1. The number of carbonyl (C=O) groups excluding carboxylic acids is 2. The molecule has 1 amide bonds. The van der Waals surface area contributed by atoms with Gasteiger partial charge in [0.25, 0.3) is 0 Å². The number of hydrogen-bond donors (Lipinski definition) is 2. The summed E-state index contributed by atoms with van der Waals surface area (Å²) >= 11 is 0. The predicted molar refractivity (Wildman–Crippen MR) is 65.9 cm³/mol. The van der Waals surface area contributed by atoms with Gasteiger partial charge in [-0.25, -0.2) is 4.79 Å². The standard InChI is InChI=1S/C13H14N2O4/c1-19-13(18)11(15-12(17)8-16)6-9-4-2-3-5-10(9)7-14/h2-5,11,16H,6,8H2,1H3,(H,15,17)/t11-/m0/s1. The van der Waals surface area contributed by atoms with Crippen molar-refractivity contribution in [2.75, 3.05) is 13.7 Å². The fourth-order valence-electron chi connectivity index (χ4n) is 1.60. The van der Waals surface area contributed by atoms with Crippen molar-refractivity contribution < 1.29 is 19.4 Å². The van der Waals surface area contributed by atoms with Gasteiger partial charge in [-0.1, -0.05) is 18.2 Å². The minimum Gasteiger partial charge on any atom is -0.467 e. The quantitative estimate of drug-likeness (QED) is 0.713. The summed E-state index contributed by atoms with van der Waals surface area (Å²) in [5.41, 5.74) is 1.05. The average Bonchev–Trinajstić information content (AvgIpc) is 2.45. The monoisotopic (exact) mass is 262 g/mol. The SMILES string of the molecule is COC(=O)[C@H](Cc1ccccc1C#N)NC(=O)CO. The largest absolute Gasteiger partial charge is 0.467 e. The maximum absolute atomic E-state index is 11.6. The summed E-state index contributed by atoms with van der Waals surface area (Å²) in [4.78, 5) is 22.7. The van der Waals surface area contributed by atoms with Crippen LogP contribution in [0.4, 0.5) is 0 Å². The van der Waals surface area contributed by atoms with Crippen LogP contribution in [0.5, 0.6) is 0 Å². The highest BCUT2D eigenvalue weighted by molar-refractivity contribution is 5.85. The van der Waals surface area contributed by atoms with Gasteiger partial charge in [-0.2, -0.15) is 5.26 Å². The third kappa shape index (κ3) is 4.08. The minimum absolute atomic E-state index is 0.127. The summed E-state index contributed by atoms with van der Waals surface area (Å²) in [6.45, 7) is -0.715. The van der Waals surface area contributed by atoms with Crippen molar-refractivity contribution in [3.63, 3.8) is 0 Å². The summed E-state index contributed by atoms with van der Waals surface area (Å²) in [6, 6.07) is 7.84. The van der Waals surface area contributed by atoms with Gasteiger partial charge in [-0.15, -0.1) is 0 Å². The fraction of sp³-hybridized carbons (Fsp3) is 0.308. The Morgan fingerprint density at radius 2 is 2.16 bits per heavy atom. The molecule has 1 aromatic rings. The Balaban J connectivity index is 2.91. The van der Waals surface area contributed by atoms with Crippen LogP contribution in [0.25, 0.3) is 0 Å². The van der Waals surface area contributed by atoms with Gasteiger partial charge < -0.3 is 15.2 Å². The number of hydrogen-bond acceptors (Lipinski definition) is 5. The molecule has 19 heavy (non-hydrogen) atoms. The van der Waals surface area contributed by atoms with Crippen molar-refractivity contribution in [2.45, 2.75) is 12.5 Å². The molecule has 1 atom stereocenters. The molecular weight excluding hydrogens is 248 g/mol. The molecule has 0 saturated heterocycles. The molecule has 0 heterocycles. The first kappa shape index (κ1) is 14.7. The molecule has 0 fully saturated rings. The Labute approximate surface area is 110 Å². The second-order valence-electron chi connectivity index (χ2n) is 3.77. The number of nitriles is 1. The van der Waals surface area contributed by atoms with E-state index in [2.05, 4.69) is 10.1 Å². The lowest BCUT2D eigenvalue weighted by Crippen LogP contribution is -2.44. The molecule has 2 N–H and O–H groups in total. The molecule has 0 aliphatic carbocycles. The van der Waals surface area contributed by atoms with Gasteiger partial charge in [0.05, 0.1) is 18.7 Å². The van der Waals surface area contributed by atoms with Crippen LogP contribution in [0, 0.1) is 11.3 Å². The zero-order chi connectivity index (χ0) is 14.3. The third-order valence-corrected chi connectivity index (χ3v) is 2.53. The van der Waals surface area contributed by atoms with E-state index < -0.39 is 24.5 Å². The van der Waals surface area contributed by atoms with Crippen molar-refractivity contribution in [3.8, 4) is 6.07 Å². The molecule has 0 aliphatic rings. The van der Waals surface area contributed by atoms with E-state index in [1.165, 1.54) is 7.11 Å². The Bertz CT molecular complexity index is 508. The first-order valence-corrected chi connectivity index (χ1v) is 5.58. The summed E-state index contributed by atoms with van der Waals surface area (Å²) in [5.74, 6) is -1.31. The van der Waals surface area contributed by atoms with Crippen molar-refractivity contribution in [3.05, 3.63) is 35.4 Å². The molecule has 0 unspecified atom stereocenters. The number of rotatable bonds is 5.